The molecule has 1 aromatic rings. The van der Waals surface area contributed by atoms with Gasteiger partial charge in [-0.1, -0.05) is 20.3 Å². The average Bonchev–Trinajstić information content (AvgIpc) is 2.97. The summed E-state index contributed by atoms with van der Waals surface area (Å²) >= 11 is 0. The van der Waals surface area contributed by atoms with Crippen molar-refractivity contribution in [2.24, 2.45) is 17.6 Å². The number of rotatable bonds is 5. The van der Waals surface area contributed by atoms with Crippen LogP contribution in [-0.4, -0.2) is 15.8 Å². The summed E-state index contributed by atoms with van der Waals surface area (Å²) in [4.78, 5) is 0. The lowest BCUT2D eigenvalue weighted by atomic mass is 9.94. The summed E-state index contributed by atoms with van der Waals surface area (Å²) in [5.41, 5.74) is 7.50. The van der Waals surface area contributed by atoms with E-state index in [4.69, 9.17) is 5.73 Å². The number of hydrogen-bond acceptors (Lipinski definition) is 2. The zero-order valence-electron chi connectivity index (χ0n) is 12.0. The van der Waals surface area contributed by atoms with Crippen molar-refractivity contribution in [3.8, 4) is 0 Å². The summed E-state index contributed by atoms with van der Waals surface area (Å²) in [5, 5.41) is 4.65. The molecule has 0 aromatic carbocycles. The molecular formula is C15H27N3. The molecule has 0 radical (unpaired) electrons. The molecular weight excluding hydrogens is 222 g/mol. The van der Waals surface area contributed by atoms with Gasteiger partial charge in [-0.3, -0.25) is 4.68 Å². The molecule has 1 saturated carbocycles. The van der Waals surface area contributed by atoms with Crippen LogP contribution in [0.3, 0.4) is 0 Å². The molecule has 1 fully saturated rings. The molecule has 18 heavy (non-hydrogen) atoms. The van der Waals surface area contributed by atoms with Gasteiger partial charge in [0.2, 0.25) is 0 Å². The van der Waals surface area contributed by atoms with E-state index < -0.39 is 0 Å². The summed E-state index contributed by atoms with van der Waals surface area (Å²) in [5.74, 6) is 1.56. The Morgan fingerprint density at radius 2 is 2.28 bits per heavy atom. The number of hydrogen-bond donors (Lipinski definition) is 1. The molecule has 2 rings (SSSR count). The highest BCUT2D eigenvalue weighted by Gasteiger charge is 2.27. The molecule has 1 aliphatic rings. The molecule has 0 amide bonds. The van der Waals surface area contributed by atoms with Gasteiger partial charge in [0.15, 0.2) is 0 Å². The predicted octanol–water partition coefficient (Wildman–Crippen LogP) is 3.16. The maximum atomic E-state index is 6.34. The second kappa shape index (κ2) is 5.87. The van der Waals surface area contributed by atoms with Gasteiger partial charge in [0.05, 0.1) is 5.69 Å². The lowest BCUT2D eigenvalue weighted by Crippen LogP contribution is -2.31. The van der Waals surface area contributed by atoms with Gasteiger partial charge in [-0.05, 0) is 44.1 Å². The van der Waals surface area contributed by atoms with E-state index >= 15 is 0 Å². The first-order chi connectivity index (χ1) is 8.60. The topological polar surface area (TPSA) is 43.8 Å². The maximum absolute atomic E-state index is 6.34. The molecule has 3 heteroatoms. The minimum atomic E-state index is 0.287. The Morgan fingerprint density at radius 3 is 2.89 bits per heavy atom. The largest absolute Gasteiger partial charge is 0.327 e. The van der Waals surface area contributed by atoms with Crippen LogP contribution in [0.5, 0.6) is 0 Å². The molecule has 102 valence electrons. The van der Waals surface area contributed by atoms with E-state index in [1.54, 1.807) is 0 Å². The SMILES string of the molecule is CCC(C)n1ccc(CC(N)C2CCC(C)C2)n1. The van der Waals surface area contributed by atoms with E-state index in [0.29, 0.717) is 12.0 Å². The molecule has 3 nitrogen and oxygen atoms in total. The summed E-state index contributed by atoms with van der Waals surface area (Å²) in [6.07, 6.45) is 8.09. The Balaban J connectivity index is 1.91. The molecule has 0 aliphatic heterocycles. The monoisotopic (exact) mass is 249 g/mol. The molecule has 0 saturated heterocycles. The van der Waals surface area contributed by atoms with Gasteiger partial charge < -0.3 is 5.73 Å². The zero-order valence-corrected chi connectivity index (χ0v) is 12.0. The van der Waals surface area contributed by atoms with Crippen molar-refractivity contribution >= 4 is 0 Å². The van der Waals surface area contributed by atoms with Crippen LogP contribution < -0.4 is 5.73 Å². The molecule has 1 aliphatic carbocycles. The van der Waals surface area contributed by atoms with Crippen LogP contribution in [0.4, 0.5) is 0 Å². The molecule has 0 bridgehead atoms. The second-order valence-electron chi connectivity index (χ2n) is 6.09. The minimum absolute atomic E-state index is 0.287. The highest BCUT2D eigenvalue weighted by molar-refractivity contribution is 5.03. The normalized spacial score (nSPS) is 27.3. The van der Waals surface area contributed by atoms with Crippen LogP contribution >= 0.6 is 0 Å². The zero-order chi connectivity index (χ0) is 13.1. The van der Waals surface area contributed by atoms with E-state index in [2.05, 4.69) is 42.8 Å². The van der Waals surface area contributed by atoms with Gasteiger partial charge in [0.1, 0.15) is 0 Å². The van der Waals surface area contributed by atoms with Gasteiger partial charge in [-0.15, -0.1) is 0 Å². The third kappa shape index (κ3) is 3.14. The highest BCUT2D eigenvalue weighted by Crippen LogP contribution is 2.32. The standard InChI is InChI=1S/C15H27N3/c1-4-12(3)18-8-7-14(17-18)10-15(16)13-6-5-11(2)9-13/h7-8,11-13,15H,4-6,9-10,16H2,1-3H3. The lowest BCUT2D eigenvalue weighted by molar-refractivity contribution is 0.408. The number of aromatic nitrogens is 2. The van der Waals surface area contributed by atoms with Gasteiger partial charge in [-0.2, -0.15) is 5.10 Å². The van der Waals surface area contributed by atoms with E-state index in [-0.39, 0.29) is 6.04 Å². The van der Waals surface area contributed by atoms with Crippen molar-refractivity contribution in [2.75, 3.05) is 0 Å². The molecule has 4 unspecified atom stereocenters. The quantitative estimate of drug-likeness (QED) is 0.871. The first kappa shape index (κ1) is 13.6. The third-order valence-electron chi connectivity index (χ3n) is 4.49. The van der Waals surface area contributed by atoms with Gasteiger partial charge in [0.25, 0.3) is 0 Å². The van der Waals surface area contributed by atoms with Crippen molar-refractivity contribution in [3.05, 3.63) is 18.0 Å². The average molecular weight is 249 g/mol. The Morgan fingerprint density at radius 1 is 1.50 bits per heavy atom. The summed E-state index contributed by atoms with van der Waals surface area (Å²) < 4.78 is 2.07. The van der Waals surface area contributed by atoms with Gasteiger partial charge >= 0.3 is 0 Å². The second-order valence-corrected chi connectivity index (χ2v) is 6.09. The van der Waals surface area contributed by atoms with Crippen LogP contribution in [0.25, 0.3) is 0 Å². The Labute approximate surface area is 111 Å². The van der Waals surface area contributed by atoms with E-state index in [1.807, 2.05) is 0 Å². The lowest BCUT2D eigenvalue weighted by Gasteiger charge is -2.18. The fourth-order valence-corrected chi connectivity index (χ4v) is 2.97. The minimum Gasteiger partial charge on any atom is -0.327 e. The molecule has 1 aromatic heterocycles. The smallest absolute Gasteiger partial charge is 0.0640 e. The Bertz CT molecular complexity index is 372. The van der Waals surface area contributed by atoms with Crippen LogP contribution in [0.2, 0.25) is 0 Å². The van der Waals surface area contributed by atoms with Crippen molar-refractivity contribution in [1.29, 1.82) is 0 Å². The molecule has 4 atom stereocenters. The molecule has 2 N–H and O–H groups in total. The van der Waals surface area contributed by atoms with Crippen molar-refractivity contribution in [2.45, 2.75) is 65.0 Å². The Kier molecular flexibility index (Phi) is 4.44. The first-order valence-electron chi connectivity index (χ1n) is 7.39. The van der Waals surface area contributed by atoms with Crippen LogP contribution in [-0.2, 0) is 6.42 Å². The Hall–Kier alpha value is -0.830. The van der Waals surface area contributed by atoms with Crippen molar-refractivity contribution in [3.63, 3.8) is 0 Å². The van der Waals surface area contributed by atoms with Crippen LogP contribution in [0.1, 0.15) is 58.2 Å². The summed E-state index contributed by atoms with van der Waals surface area (Å²) in [6.45, 7) is 6.73. The van der Waals surface area contributed by atoms with Crippen LogP contribution in [0, 0.1) is 11.8 Å². The molecule has 0 spiro atoms. The fraction of sp³-hybridized carbons (Fsp3) is 0.800. The van der Waals surface area contributed by atoms with Crippen molar-refractivity contribution in [1.82, 2.24) is 9.78 Å². The van der Waals surface area contributed by atoms with E-state index in [9.17, 15) is 0 Å². The summed E-state index contributed by atoms with van der Waals surface area (Å²) in [7, 11) is 0. The predicted molar refractivity (Wildman–Crippen MR) is 75.4 cm³/mol. The van der Waals surface area contributed by atoms with Crippen LogP contribution in [0.15, 0.2) is 12.3 Å². The number of nitrogens with two attached hydrogens (primary N) is 1. The van der Waals surface area contributed by atoms with E-state index in [1.165, 1.54) is 19.3 Å². The van der Waals surface area contributed by atoms with Gasteiger partial charge in [-0.25, -0.2) is 0 Å². The molecule has 1 heterocycles. The van der Waals surface area contributed by atoms with E-state index in [0.717, 1.165) is 24.5 Å². The third-order valence-corrected chi connectivity index (χ3v) is 4.49. The fourth-order valence-electron chi connectivity index (χ4n) is 2.97. The maximum Gasteiger partial charge on any atom is 0.0640 e. The summed E-state index contributed by atoms with van der Waals surface area (Å²) in [6, 6.07) is 2.90. The number of nitrogens with zero attached hydrogens (tertiary/aromatic N) is 2. The van der Waals surface area contributed by atoms with Crippen molar-refractivity contribution < 1.29 is 0 Å². The first-order valence-corrected chi connectivity index (χ1v) is 7.39. The highest BCUT2D eigenvalue weighted by atomic mass is 15.3. The van der Waals surface area contributed by atoms with Gasteiger partial charge in [0, 0.05) is 24.7 Å².